The molecule has 0 unspecified atom stereocenters. The fourth-order valence-corrected chi connectivity index (χ4v) is 3.02. The van der Waals surface area contributed by atoms with E-state index in [2.05, 4.69) is 4.90 Å². The zero-order valence-corrected chi connectivity index (χ0v) is 15.8. The van der Waals surface area contributed by atoms with Gasteiger partial charge in [0.1, 0.15) is 5.75 Å². The molecule has 1 aromatic carbocycles. The van der Waals surface area contributed by atoms with E-state index in [1.54, 1.807) is 6.07 Å². The first kappa shape index (κ1) is 22.4. The Kier molecular flexibility index (Phi) is 9.29. The highest BCUT2D eigenvalue weighted by Crippen LogP contribution is 2.23. The van der Waals surface area contributed by atoms with Crippen molar-refractivity contribution in [2.24, 2.45) is 5.92 Å². The maximum Gasteiger partial charge on any atom is 0.414 e. The summed E-state index contributed by atoms with van der Waals surface area (Å²) < 4.78 is 0. The topological polar surface area (TPSA) is 118 Å². The van der Waals surface area contributed by atoms with Crippen LogP contribution in [-0.2, 0) is 20.9 Å². The van der Waals surface area contributed by atoms with Gasteiger partial charge in [-0.1, -0.05) is 18.2 Å². The Morgan fingerprint density at radius 3 is 2.00 bits per heavy atom. The molecular formula is C19H28N2O6. The molecule has 2 rings (SSSR count). The Labute approximate surface area is 159 Å². The van der Waals surface area contributed by atoms with Gasteiger partial charge in [-0.25, -0.2) is 9.59 Å². The van der Waals surface area contributed by atoms with Crippen LogP contribution >= 0.6 is 0 Å². The Hall–Kier alpha value is -2.61. The van der Waals surface area contributed by atoms with Gasteiger partial charge in [0.2, 0.25) is 5.91 Å². The third kappa shape index (κ3) is 7.26. The lowest BCUT2D eigenvalue weighted by Crippen LogP contribution is -2.42. The van der Waals surface area contributed by atoms with Gasteiger partial charge in [-0.2, -0.15) is 0 Å². The maximum absolute atomic E-state index is 12.3. The molecule has 0 bridgehead atoms. The number of para-hydroxylation sites is 1. The van der Waals surface area contributed by atoms with Crippen molar-refractivity contribution in [3.63, 3.8) is 0 Å². The van der Waals surface area contributed by atoms with Crippen molar-refractivity contribution in [3.05, 3.63) is 29.8 Å². The molecule has 8 heteroatoms. The molecule has 0 spiro atoms. The zero-order valence-electron chi connectivity index (χ0n) is 15.8. The molecule has 0 atom stereocenters. The van der Waals surface area contributed by atoms with Crippen LogP contribution in [0, 0.1) is 5.92 Å². The highest BCUT2D eigenvalue weighted by Gasteiger charge is 2.27. The number of benzene rings is 1. The van der Waals surface area contributed by atoms with Crippen molar-refractivity contribution < 1.29 is 29.7 Å². The van der Waals surface area contributed by atoms with Crippen LogP contribution in [-0.4, -0.2) is 69.1 Å². The molecule has 1 amide bonds. The van der Waals surface area contributed by atoms with Gasteiger partial charge in [0.15, 0.2) is 0 Å². The van der Waals surface area contributed by atoms with E-state index in [1.165, 1.54) is 0 Å². The van der Waals surface area contributed by atoms with Crippen LogP contribution in [0.2, 0.25) is 0 Å². The number of amides is 1. The number of likely N-dealkylation sites (tertiary alicyclic amines) is 1. The second kappa shape index (κ2) is 11.2. The Morgan fingerprint density at radius 2 is 1.56 bits per heavy atom. The first-order valence-electron chi connectivity index (χ1n) is 9.04. The lowest BCUT2D eigenvalue weighted by molar-refractivity contribution is -0.159. The lowest BCUT2D eigenvalue weighted by Gasteiger charge is -2.33. The monoisotopic (exact) mass is 380 g/mol. The molecule has 3 N–H and O–H groups in total. The molecule has 0 aliphatic carbocycles. The number of carboxylic acid groups (broad SMARTS) is 2. The number of carbonyl (C=O) groups excluding carboxylic acids is 1. The van der Waals surface area contributed by atoms with Crippen molar-refractivity contribution in [1.82, 2.24) is 9.80 Å². The number of nitrogens with zero attached hydrogens (tertiary/aromatic N) is 2. The van der Waals surface area contributed by atoms with E-state index in [0.29, 0.717) is 11.7 Å². The zero-order chi connectivity index (χ0) is 20.4. The minimum absolute atomic E-state index is 0.172. The second-order valence-corrected chi connectivity index (χ2v) is 6.30. The van der Waals surface area contributed by atoms with Gasteiger partial charge in [0.05, 0.1) is 0 Å². The molecule has 0 aromatic heterocycles. The quantitative estimate of drug-likeness (QED) is 0.664. The molecular weight excluding hydrogens is 352 g/mol. The first-order chi connectivity index (χ1) is 12.8. The Balaban J connectivity index is 0.000000527. The predicted molar refractivity (Wildman–Crippen MR) is 99.3 cm³/mol. The van der Waals surface area contributed by atoms with Crippen LogP contribution in [0.15, 0.2) is 24.3 Å². The van der Waals surface area contributed by atoms with Crippen LogP contribution < -0.4 is 0 Å². The van der Waals surface area contributed by atoms with Gasteiger partial charge in [-0.3, -0.25) is 9.69 Å². The molecule has 8 nitrogen and oxygen atoms in total. The van der Waals surface area contributed by atoms with E-state index in [9.17, 15) is 9.90 Å². The smallest absolute Gasteiger partial charge is 0.414 e. The summed E-state index contributed by atoms with van der Waals surface area (Å²) in [4.78, 5) is 34.8. The van der Waals surface area contributed by atoms with Crippen molar-refractivity contribution >= 4 is 17.8 Å². The highest BCUT2D eigenvalue weighted by atomic mass is 16.4. The normalized spacial score (nSPS) is 14.7. The molecule has 27 heavy (non-hydrogen) atoms. The molecule has 0 saturated carbocycles. The summed E-state index contributed by atoms with van der Waals surface area (Å²) in [7, 11) is 0. The highest BCUT2D eigenvalue weighted by molar-refractivity contribution is 6.27. The van der Waals surface area contributed by atoms with Crippen molar-refractivity contribution in [2.75, 3.05) is 26.2 Å². The average Bonchev–Trinajstić information content (AvgIpc) is 2.65. The minimum atomic E-state index is -1.82. The summed E-state index contributed by atoms with van der Waals surface area (Å²) in [5.41, 5.74) is 0.964. The third-order valence-electron chi connectivity index (χ3n) is 4.58. The summed E-state index contributed by atoms with van der Waals surface area (Å²) >= 11 is 0. The first-order valence-corrected chi connectivity index (χ1v) is 9.04. The summed E-state index contributed by atoms with van der Waals surface area (Å²) in [6.07, 6.45) is 1.84. The molecule has 0 radical (unpaired) electrons. The number of piperidine rings is 1. The Morgan fingerprint density at radius 1 is 1.04 bits per heavy atom. The number of hydrogen-bond acceptors (Lipinski definition) is 5. The number of carboxylic acids is 2. The van der Waals surface area contributed by atoms with E-state index in [0.717, 1.165) is 51.1 Å². The fraction of sp³-hybridized carbons (Fsp3) is 0.526. The summed E-state index contributed by atoms with van der Waals surface area (Å²) in [6, 6.07) is 7.48. The number of aliphatic carboxylic acids is 2. The van der Waals surface area contributed by atoms with Gasteiger partial charge in [0, 0.05) is 31.1 Å². The van der Waals surface area contributed by atoms with Crippen LogP contribution in [0.3, 0.4) is 0 Å². The van der Waals surface area contributed by atoms with Gasteiger partial charge in [0.25, 0.3) is 0 Å². The Bertz CT molecular complexity index is 625. The summed E-state index contributed by atoms with van der Waals surface area (Å²) in [5, 5.41) is 24.6. The van der Waals surface area contributed by atoms with Crippen molar-refractivity contribution in [1.29, 1.82) is 0 Å². The van der Waals surface area contributed by atoms with Gasteiger partial charge in [-0.15, -0.1) is 0 Å². The van der Waals surface area contributed by atoms with Crippen LogP contribution in [0.25, 0.3) is 0 Å². The standard InChI is InChI=1S/C17H26N2O2.C2H2O4/c1-3-19(4-2)17(21)14-9-11-18(12-10-14)13-15-7-5-6-8-16(15)20;3-1(4)2(5)6/h5-8,14,20H,3-4,9-13H2,1-2H3;(H,3,4)(H,5,6). The molecule has 1 fully saturated rings. The minimum Gasteiger partial charge on any atom is -0.508 e. The number of phenolic OH excluding ortho intramolecular Hbond substituents is 1. The van der Waals surface area contributed by atoms with Crippen LogP contribution in [0.4, 0.5) is 0 Å². The van der Waals surface area contributed by atoms with E-state index in [1.807, 2.05) is 36.9 Å². The third-order valence-corrected chi connectivity index (χ3v) is 4.58. The largest absolute Gasteiger partial charge is 0.508 e. The van der Waals surface area contributed by atoms with Gasteiger partial charge < -0.3 is 20.2 Å². The van der Waals surface area contributed by atoms with Crippen LogP contribution in [0.5, 0.6) is 5.75 Å². The number of rotatable bonds is 5. The maximum atomic E-state index is 12.3. The van der Waals surface area contributed by atoms with E-state index < -0.39 is 11.9 Å². The molecule has 1 aliphatic rings. The second-order valence-electron chi connectivity index (χ2n) is 6.30. The lowest BCUT2D eigenvalue weighted by atomic mass is 9.95. The van der Waals surface area contributed by atoms with E-state index >= 15 is 0 Å². The SMILES string of the molecule is CCN(CC)C(=O)C1CCN(Cc2ccccc2O)CC1.O=C(O)C(=O)O. The predicted octanol–water partition coefficient (Wildman–Crippen LogP) is 1.63. The van der Waals surface area contributed by atoms with E-state index in [-0.39, 0.29) is 5.92 Å². The van der Waals surface area contributed by atoms with Crippen molar-refractivity contribution in [2.45, 2.75) is 33.2 Å². The number of phenols is 1. The number of carbonyl (C=O) groups is 3. The molecule has 1 aliphatic heterocycles. The van der Waals surface area contributed by atoms with Crippen LogP contribution in [0.1, 0.15) is 32.3 Å². The van der Waals surface area contributed by atoms with Gasteiger partial charge in [-0.05, 0) is 45.8 Å². The number of hydrogen-bond donors (Lipinski definition) is 3. The molecule has 1 heterocycles. The molecule has 1 saturated heterocycles. The average molecular weight is 380 g/mol. The summed E-state index contributed by atoms with van der Waals surface area (Å²) in [5.74, 6) is -2.81. The van der Waals surface area contributed by atoms with E-state index in [4.69, 9.17) is 19.8 Å². The molecule has 1 aromatic rings. The van der Waals surface area contributed by atoms with Crippen molar-refractivity contribution in [3.8, 4) is 5.75 Å². The summed E-state index contributed by atoms with van der Waals surface area (Å²) in [6.45, 7) is 8.28. The number of aromatic hydroxyl groups is 1. The van der Waals surface area contributed by atoms with Gasteiger partial charge >= 0.3 is 11.9 Å². The molecule has 150 valence electrons. The fourth-order valence-electron chi connectivity index (χ4n) is 3.02.